The molecule has 21 heavy (non-hydrogen) atoms. The second kappa shape index (κ2) is 6.71. The summed E-state index contributed by atoms with van der Waals surface area (Å²) in [7, 11) is 0. The number of rotatable bonds is 5. The summed E-state index contributed by atoms with van der Waals surface area (Å²) < 4.78 is 28.7. The monoisotopic (exact) mass is 361 g/mol. The van der Waals surface area contributed by atoms with Crippen molar-refractivity contribution >= 4 is 15.9 Å². The molecule has 0 saturated heterocycles. The average molecular weight is 362 g/mol. The van der Waals surface area contributed by atoms with Crippen LogP contribution in [0, 0.1) is 11.6 Å². The summed E-state index contributed by atoms with van der Waals surface area (Å²) in [6, 6.07) is 2.54. The predicted molar refractivity (Wildman–Crippen MR) is 83.1 cm³/mol. The van der Waals surface area contributed by atoms with Crippen LogP contribution in [0.4, 0.5) is 8.78 Å². The van der Waals surface area contributed by atoms with E-state index in [9.17, 15) is 13.9 Å². The Morgan fingerprint density at radius 3 is 2.33 bits per heavy atom. The zero-order valence-electron chi connectivity index (χ0n) is 12.5. The van der Waals surface area contributed by atoms with Gasteiger partial charge >= 0.3 is 0 Å². The van der Waals surface area contributed by atoms with Crippen LogP contribution in [0.5, 0.6) is 0 Å². The molecule has 0 aromatic heterocycles. The molecular formula is C16H22BrF2NO. The Morgan fingerprint density at radius 2 is 1.81 bits per heavy atom. The molecule has 1 saturated carbocycles. The number of aliphatic hydroxyl groups is 1. The zero-order valence-corrected chi connectivity index (χ0v) is 14.1. The number of likely N-dealkylation sites (N-methyl/N-ethyl adjacent to an activating group) is 1. The van der Waals surface area contributed by atoms with Gasteiger partial charge in [-0.3, -0.25) is 4.90 Å². The minimum Gasteiger partial charge on any atom is -0.386 e. The Kier molecular flexibility index (Phi) is 5.38. The largest absolute Gasteiger partial charge is 0.386 e. The van der Waals surface area contributed by atoms with Gasteiger partial charge in [-0.1, -0.05) is 26.7 Å². The lowest BCUT2D eigenvalue weighted by atomic mass is 9.83. The van der Waals surface area contributed by atoms with Gasteiger partial charge in [0.1, 0.15) is 17.7 Å². The van der Waals surface area contributed by atoms with Gasteiger partial charge in [-0.25, -0.2) is 8.78 Å². The number of benzene rings is 1. The lowest BCUT2D eigenvalue weighted by Gasteiger charge is -2.44. The molecule has 2 rings (SSSR count). The molecule has 0 radical (unpaired) electrons. The predicted octanol–water partition coefficient (Wildman–Crippen LogP) is 4.42. The summed E-state index contributed by atoms with van der Waals surface area (Å²) >= 11 is 3.08. The van der Waals surface area contributed by atoms with Crippen LogP contribution in [0.25, 0.3) is 0 Å². The zero-order chi connectivity index (χ0) is 15.6. The molecule has 1 aromatic rings. The minimum absolute atomic E-state index is 0.186. The Hall–Kier alpha value is -0.520. The molecule has 1 fully saturated rings. The van der Waals surface area contributed by atoms with Crippen LogP contribution in [0.2, 0.25) is 0 Å². The second-order valence-electron chi connectivity index (χ2n) is 5.64. The maximum absolute atomic E-state index is 14.3. The third-order valence-electron chi connectivity index (χ3n) is 4.72. The highest BCUT2D eigenvalue weighted by Gasteiger charge is 2.46. The van der Waals surface area contributed by atoms with Crippen molar-refractivity contribution in [3.05, 3.63) is 33.8 Å². The van der Waals surface area contributed by atoms with E-state index in [1.807, 2.05) is 13.8 Å². The standard InChI is InChI=1S/C16H22BrF2NO/c1-3-20(4-2)16(9-5-6-10-16)15(21)13-12(18)8-7-11(17)14(13)19/h7-8,15,21H,3-6,9-10H2,1-2H3. The fraction of sp³-hybridized carbons (Fsp3) is 0.625. The highest BCUT2D eigenvalue weighted by Crippen LogP contribution is 2.46. The summed E-state index contributed by atoms with van der Waals surface area (Å²) in [5.74, 6) is -1.37. The summed E-state index contributed by atoms with van der Waals surface area (Å²) in [5, 5.41) is 10.8. The number of hydrogen-bond acceptors (Lipinski definition) is 2. The molecule has 5 heteroatoms. The molecule has 1 aliphatic rings. The highest BCUT2D eigenvalue weighted by atomic mass is 79.9. The van der Waals surface area contributed by atoms with Crippen molar-refractivity contribution in [2.45, 2.75) is 51.2 Å². The quantitative estimate of drug-likeness (QED) is 0.784. The van der Waals surface area contributed by atoms with E-state index in [0.29, 0.717) is 0 Å². The van der Waals surface area contributed by atoms with E-state index in [2.05, 4.69) is 20.8 Å². The van der Waals surface area contributed by atoms with Crippen molar-refractivity contribution < 1.29 is 13.9 Å². The Morgan fingerprint density at radius 1 is 1.24 bits per heavy atom. The molecule has 118 valence electrons. The van der Waals surface area contributed by atoms with Gasteiger partial charge in [0.2, 0.25) is 0 Å². The van der Waals surface area contributed by atoms with Crippen LogP contribution in [0.15, 0.2) is 16.6 Å². The van der Waals surface area contributed by atoms with Crippen molar-refractivity contribution in [1.82, 2.24) is 4.90 Å². The second-order valence-corrected chi connectivity index (χ2v) is 6.50. The normalized spacial score (nSPS) is 19.2. The highest BCUT2D eigenvalue weighted by molar-refractivity contribution is 9.10. The van der Waals surface area contributed by atoms with Crippen molar-refractivity contribution in [2.75, 3.05) is 13.1 Å². The molecule has 0 heterocycles. The first-order valence-corrected chi connectivity index (χ1v) is 8.33. The summed E-state index contributed by atoms with van der Waals surface area (Å²) in [6.07, 6.45) is 2.33. The first-order valence-electron chi connectivity index (χ1n) is 7.54. The van der Waals surface area contributed by atoms with E-state index in [4.69, 9.17) is 0 Å². The van der Waals surface area contributed by atoms with Crippen molar-refractivity contribution in [3.63, 3.8) is 0 Å². The molecule has 1 aliphatic carbocycles. The smallest absolute Gasteiger partial charge is 0.146 e. The Balaban J connectivity index is 2.49. The van der Waals surface area contributed by atoms with Gasteiger partial charge in [0, 0.05) is 0 Å². The van der Waals surface area contributed by atoms with E-state index in [1.54, 1.807) is 0 Å². The van der Waals surface area contributed by atoms with E-state index >= 15 is 0 Å². The molecule has 1 aromatic carbocycles. The van der Waals surface area contributed by atoms with Gasteiger partial charge in [-0.15, -0.1) is 0 Å². The SMILES string of the molecule is CCN(CC)C1(C(O)c2c(F)ccc(Br)c2F)CCCC1. The van der Waals surface area contributed by atoms with E-state index in [-0.39, 0.29) is 10.0 Å². The Bertz CT molecular complexity index is 499. The summed E-state index contributed by atoms with van der Waals surface area (Å²) in [5.41, 5.74) is -0.774. The minimum atomic E-state index is -1.16. The van der Waals surface area contributed by atoms with Gasteiger partial charge in [0.15, 0.2) is 0 Å². The van der Waals surface area contributed by atoms with Crippen molar-refractivity contribution in [2.24, 2.45) is 0 Å². The number of aliphatic hydroxyl groups excluding tert-OH is 1. The van der Waals surface area contributed by atoms with E-state index in [1.165, 1.54) is 12.1 Å². The number of nitrogens with zero attached hydrogens (tertiary/aromatic N) is 1. The third-order valence-corrected chi connectivity index (χ3v) is 5.34. The van der Waals surface area contributed by atoms with Crippen LogP contribution < -0.4 is 0 Å². The molecule has 1 unspecified atom stereocenters. The average Bonchev–Trinajstić information content (AvgIpc) is 2.95. The molecule has 0 spiro atoms. The van der Waals surface area contributed by atoms with Crippen LogP contribution >= 0.6 is 15.9 Å². The van der Waals surface area contributed by atoms with Gasteiger partial charge < -0.3 is 5.11 Å². The number of hydrogen-bond donors (Lipinski definition) is 1. The van der Waals surface area contributed by atoms with Crippen LogP contribution in [0.1, 0.15) is 51.2 Å². The van der Waals surface area contributed by atoms with Gasteiger partial charge in [0.25, 0.3) is 0 Å². The lowest BCUT2D eigenvalue weighted by Crippen LogP contribution is -2.51. The fourth-order valence-electron chi connectivity index (χ4n) is 3.67. The molecule has 1 N–H and O–H groups in total. The van der Waals surface area contributed by atoms with E-state index in [0.717, 1.165) is 38.8 Å². The van der Waals surface area contributed by atoms with Crippen LogP contribution in [-0.4, -0.2) is 28.6 Å². The number of halogens is 3. The van der Waals surface area contributed by atoms with Crippen molar-refractivity contribution in [1.29, 1.82) is 0 Å². The third kappa shape index (κ3) is 2.88. The van der Waals surface area contributed by atoms with Crippen LogP contribution in [-0.2, 0) is 0 Å². The van der Waals surface area contributed by atoms with E-state index < -0.39 is 23.3 Å². The van der Waals surface area contributed by atoms with Crippen LogP contribution in [0.3, 0.4) is 0 Å². The first-order chi connectivity index (χ1) is 9.97. The van der Waals surface area contributed by atoms with Crippen molar-refractivity contribution in [3.8, 4) is 0 Å². The van der Waals surface area contributed by atoms with Gasteiger partial charge in [-0.05, 0) is 54.0 Å². The summed E-state index contributed by atoms with van der Waals surface area (Å²) in [6.45, 7) is 5.55. The van der Waals surface area contributed by atoms with Gasteiger partial charge in [-0.2, -0.15) is 0 Å². The maximum atomic E-state index is 14.3. The summed E-state index contributed by atoms with van der Waals surface area (Å²) in [4.78, 5) is 2.14. The van der Waals surface area contributed by atoms with Gasteiger partial charge in [0.05, 0.1) is 15.6 Å². The molecular weight excluding hydrogens is 340 g/mol. The maximum Gasteiger partial charge on any atom is 0.146 e. The Labute approximate surface area is 133 Å². The fourth-order valence-corrected chi connectivity index (χ4v) is 4.01. The topological polar surface area (TPSA) is 23.5 Å². The molecule has 0 aliphatic heterocycles. The molecule has 0 amide bonds. The molecule has 0 bridgehead atoms. The molecule has 2 nitrogen and oxygen atoms in total. The lowest BCUT2D eigenvalue weighted by molar-refractivity contribution is -0.0304. The first kappa shape index (κ1) is 16.8. The molecule has 1 atom stereocenters.